The summed E-state index contributed by atoms with van der Waals surface area (Å²) in [5.41, 5.74) is 0. The van der Waals surface area contributed by atoms with Gasteiger partial charge >= 0.3 is 0 Å². The predicted molar refractivity (Wildman–Crippen MR) is 71.1 cm³/mol. The summed E-state index contributed by atoms with van der Waals surface area (Å²) in [6.07, 6.45) is 17.9. The van der Waals surface area contributed by atoms with Crippen LogP contribution in [0, 0.1) is 5.88 Å². The van der Waals surface area contributed by atoms with Crippen LogP contribution in [0.15, 0.2) is 12.2 Å². The van der Waals surface area contributed by atoms with Gasteiger partial charge in [-0.05, 0) is 12.8 Å². The fourth-order valence-corrected chi connectivity index (χ4v) is 1.82. The molecular formula is C14H26Cl. The van der Waals surface area contributed by atoms with Crippen LogP contribution in [-0.4, -0.2) is 0 Å². The van der Waals surface area contributed by atoms with Crippen molar-refractivity contribution < 1.29 is 0 Å². The highest BCUT2D eigenvalue weighted by Gasteiger charge is 1.90. The van der Waals surface area contributed by atoms with Crippen LogP contribution < -0.4 is 0 Å². The van der Waals surface area contributed by atoms with Crippen LogP contribution in [-0.2, 0) is 0 Å². The molecule has 0 nitrogen and oxygen atoms in total. The van der Waals surface area contributed by atoms with Gasteiger partial charge < -0.3 is 0 Å². The molecule has 0 rings (SSSR count). The quantitative estimate of drug-likeness (QED) is 0.389. The normalized spacial score (nSPS) is 11.3. The van der Waals surface area contributed by atoms with E-state index in [1.807, 2.05) is 6.08 Å². The summed E-state index contributed by atoms with van der Waals surface area (Å²) in [4.78, 5) is 0. The second-order valence-electron chi connectivity index (χ2n) is 4.17. The predicted octanol–water partition coefficient (Wildman–Crippen LogP) is 5.86. The van der Waals surface area contributed by atoms with Crippen molar-refractivity contribution in [3.05, 3.63) is 18.0 Å². The summed E-state index contributed by atoms with van der Waals surface area (Å²) >= 11 is 5.41. The van der Waals surface area contributed by atoms with E-state index in [4.69, 9.17) is 11.6 Å². The number of unbranched alkanes of at least 4 members (excludes halogenated alkanes) is 9. The van der Waals surface area contributed by atoms with Crippen molar-refractivity contribution in [2.24, 2.45) is 0 Å². The van der Waals surface area contributed by atoms with Crippen molar-refractivity contribution in [2.45, 2.75) is 71.1 Å². The molecule has 0 saturated heterocycles. The summed E-state index contributed by atoms with van der Waals surface area (Å²) in [6, 6.07) is 0. The summed E-state index contributed by atoms with van der Waals surface area (Å²) < 4.78 is 0. The lowest BCUT2D eigenvalue weighted by molar-refractivity contribution is 0.566. The Morgan fingerprint density at radius 3 is 1.87 bits per heavy atom. The van der Waals surface area contributed by atoms with E-state index in [0.717, 1.165) is 0 Å². The number of hydrogen-bond donors (Lipinski definition) is 0. The molecule has 0 aliphatic heterocycles. The second-order valence-corrected chi connectivity index (χ2v) is 4.42. The van der Waals surface area contributed by atoms with Gasteiger partial charge in [-0.1, -0.05) is 70.4 Å². The maximum Gasteiger partial charge on any atom is 0.0715 e. The van der Waals surface area contributed by atoms with Crippen molar-refractivity contribution in [3.63, 3.8) is 0 Å². The smallest absolute Gasteiger partial charge is 0.0715 e. The minimum atomic E-state index is 1.18. The number of rotatable bonds is 11. The SMILES string of the molecule is CCCCCCCCCCC/C=C/[CH]Cl. The second kappa shape index (κ2) is 14.0. The van der Waals surface area contributed by atoms with Crippen LogP contribution in [0.4, 0.5) is 0 Å². The molecule has 0 atom stereocenters. The number of allylic oxidation sites excluding steroid dienone is 2. The maximum atomic E-state index is 5.41. The zero-order chi connectivity index (χ0) is 11.2. The monoisotopic (exact) mass is 229 g/mol. The zero-order valence-electron chi connectivity index (χ0n) is 10.2. The van der Waals surface area contributed by atoms with Gasteiger partial charge in [-0.2, -0.15) is 0 Å². The summed E-state index contributed by atoms with van der Waals surface area (Å²) in [5.74, 6) is 1.58. The minimum absolute atomic E-state index is 1.18. The highest BCUT2D eigenvalue weighted by Crippen LogP contribution is 2.10. The molecule has 89 valence electrons. The highest BCUT2D eigenvalue weighted by molar-refractivity contribution is 6.24. The molecule has 0 unspecified atom stereocenters. The van der Waals surface area contributed by atoms with Gasteiger partial charge in [0.2, 0.25) is 0 Å². The van der Waals surface area contributed by atoms with Gasteiger partial charge in [0.1, 0.15) is 0 Å². The van der Waals surface area contributed by atoms with Gasteiger partial charge in [0.05, 0.1) is 5.88 Å². The Balaban J connectivity index is 2.89. The van der Waals surface area contributed by atoms with E-state index >= 15 is 0 Å². The maximum absolute atomic E-state index is 5.41. The average Bonchev–Trinajstić information content (AvgIpc) is 2.26. The van der Waals surface area contributed by atoms with Crippen LogP contribution >= 0.6 is 11.6 Å². The lowest BCUT2D eigenvalue weighted by atomic mass is 10.1. The molecule has 0 amide bonds. The van der Waals surface area contributed by atoms with Crippen LogP contribution in [0.3, 0.4) is 0 Å². The molecule has 0 aromatic heterocycles. The largest absolute Gasteiger partial charge is 0.117 e. The number of hydrogen-bond acceptors (Lipinski definition) is 0. The van der Waals surface area contributed by atoms with Crippen LogP contribution in [0.5, 0.6) is 0 Å². The summed E-state index contributed by atoms with van der Waals surface area (Å²) in [7, 11) is 0. The fourth-order valence-electron chi connectivity index (χ4n) is 1.72. The van der Waals surface area contributed by atoms with Crippen molar-refractivity contribution in [3.8, 4) is 0 Å². The fraction of sp³-hybridized carbons (Fsp3) is 0.786. The molecule has 0 N–H and O–H groups in total. The Hall–Kier alpha value is 0.0300. The Morgan fingerprint density at radius 2 is 1.33 bits per heavy atom. The first-order valence-electron chi connectivity index (χ1n) is 6.50. The molecule has 0 bridgehead atoms. The van der Waals surface area contributed by atoms with E-state index < -0.39 is 0 Å². The molecule has 1 heteroatoms. The van der Waals surface area contributed by atoms with Gasteiger partial charge in [-0.15, -0.1) is 11.6 Å². The standard InChI is InChI=1S/C14H26Cl/c1-2-3-4-5-6-7-8-9-10-11-12-13-14-15/h12-14H,2-11H2,1H3/b13-12+. The zero-order valence-corrected chi connectivity index (χ0v) is 10.9. The van der Waals surface area contributed by atoms with Gasteiger partial charge in [0.25, 0.3) is 0 Å². The topological polar surface area (TPSA) is 0 Å². The Morgan fingerprint density at radius 1 is 0.800 bits per heavy atom. The molecule has 1 radical (unpaired) electrons. The first-order valence-corrected chi connectivity index (χ1v) is 6.94. The van der Waals surface area contributed by atoms with E-state index in [0.29, 0.717) is 0 Å². The van der Waals surface area contributed by atoms with Crippen LogP contribution in [0.2, 0.25) is 0 Å². The third-order valence-electron chi connectivity index (χ3n) is 2.68. The molecule has 0 aromatic rings. The van der Waals surface area contributed by atoms with E-state index in [9.17, 15) is 0 Å². The molecule has 0 aliphatic rings. The van der Waals surface area contributed by atoms with E-state index in [1.165, 1.54) is 64.2 Å². The third-order valence-corrected chi connectivity index (χ3v) is 2.83. The summed E-state index contributed by atoms with van der Waals surface area (Å²) in [5, 5.41) is 0. The van der Waals surface area contributed by atoms with Crippen molar-refractivity contribution >= 4 is 11.6 Å². The van der Waals surface area contributed by atoms with Crippen molar-refractivity contribution in [1.29, 1.82) is 0 Å². The number of halogens is 1. The van der Waals surface area contributed by atoms with Gasteiger partial charge in [-0.3, -0.25) is 0 Å². The molecule has 0 aromatic carbocycles. The molecule has 0 aliphatic carbocycles. The minimum Gasteiger partial charge on any atom is -0.117 e. The average molecular weight is 230 g/mol. The molecule has 0 saturated carbocycles. The van der Waals surface area contributed by atoms with E-state index in [-0.39, 0.29) is 0 Å². The third kappa shape index (κ3) is 14.0. The molecular weight excluding hydrogens is 204 g/mol. The van der Waals surface area contributed by atoms with Crippen LogP contribution in [0.25, 0.3) is 0 Å². The molecule has 0 spiro atoms. The van der Waals surface area contributed by atoms with Crippen LogP contribution in [0.1, 0.15) is 71.1 Å². The van der Waals surface area contributed by atoms with Gasteiger partial charge in [0.15, 0.2) is 0 Å². The summed E-state index contributed by atoms with van der Waals surface area (Å²) in [6.45, 7) is 2.27. The van der Waals surface area contributed by atoms with Crippen molar-refractivity contribution in [1.82, 2.24) is 0 Å². The van der Waals surface area contributed by atoms with Crippen molar-refractivity contribution in [2.75, 3.05) is 0 Å². The highest BCUT2D eigenvalue weighted by atomic mass is 35.5. The Kier molecular flexibility index (Phi) is 14.1. The first kappa shape index (κ1) is 15.0. The van der Waals surface area contributed by atoms with E-state index in [2.05, 4.69) is 13.0 Å². The first-order chi connectivity index (χ1) is 7.41. The van der Waals surface area contributed by atoms with Gasteiger partial charge in [0, 0.05) is 0 Å². The van der Waals surface area contributed by atoms with E-state index in [1.54, 1.807) is 5.88 Å². The van der Waals surface area contributed by atoms with Gasteiger partial charge in [-0.25, -0.2) is 0 Å². The molecule has 0 heterocycles. The molecule has 15 heavy (non-hydrogen) atoms. The Bertz CT molecular complexity index is 129. The molecule has 0 fully saturated rings. The Labute approximate surface area is 101 Å². The lowest BCUT2D eigenvalue weighted by Crippen LogP contribution is -1.80. The lowest BCUT2D eigenvalue weighted by Gasteiger charge is -2.00.